The third-order valence-corrected chi connectivity index (χ3v) is 3.39. The molecule has 2 rings (SSSR count). The lowest BCUT2D eigenvalue weighted by molar-refractivity contribution is 0.0438. The Kier molecular flexibility index (Phi) is 4.33. The van der Waals surface area contributed by atoms with Gasteiger partial charge in [0.2, 0.25) is 0 Å². The number of nitrogens with one attached hydrogen (secondary N) is 1. The zero-order valence-corrected chi connectivity index (χ0v) is 12.6. The molecule has 112 valence electrons. The summed E-state index contributed by atoms with van der Waals surface area (Å²) < 4.78 is 5.20. The summed E-state index contributed by atoms with van der Waals surface area (Å²) in [5, 5.41) is 13.3. The van der Waals surface area contributed by atoms with E-state index >= 15 is 0 Å². The SMILES string of the molecule is Cc1ccc(NC(N)=NCC(C)(O)c2ccco2)cc1C. The molecule has 0 saturated heterocycles. The van der Waals surface area contributed by atoms with E-state index in [9.17, 15) is 5.11 Å². The molecule has 0 saturated carbocycles. The minimum atomic E-state index is -1.18. The third-order valence-electron chi connectivity index (χ3n) is 3.39. The van der Waals surface area contributed by atoms with Gasteiger partial charge in [-0.15, -0.1) is 0 Å². The number of anilines is 1. The molecule has 4 N–H and O–H groups in total. The fourth-order valence-corrected chi connectivity index (χ4v) is 1.91. The van der Waals surface area contributed by atoms with Crippen molar-refractivity contribution in [3.63, 3.8) is 0 Å². The van der Waals surface area contributed by atoms with Crippen LogP contribution in [0.2, 0.25) is 0 Å². The van der Waals surface area contributed by atoms with Crippen LogP contribution in [0.1, 0.15) is 23.8 Å². The van der Waals surface area contributed by atoms with Crippen molar-refractivity contribution in [1.29, 1.82) is 0 Å². The topological polar surface area (TPSA) is 83.8 Å². The van der Waals surface area contributed by atoms with E-state index < -0.39 is 5.60 Å². The Hall–Kier alpha value is -2.27. The molecule has 0 radical (unpaired) electrons. The molecular weight excluding hydrogens is 266 g/mol. The molecule has 5 heteroatoms. The fraction of sp³-hybridized carbons (Fsp3) is 0.312. The van der Waals surface area contributed by atoms with Gasteiger partial charge in [-0.3, -0.25) is 0 Å². The molecule has 0 bridgehead atoms. The fourth-order valence-electron chi connectivity index (χ4n) is 1.91. The first-order valence-electron chi connectivity index (χ1n) is 6.79. The predicted molar refractivity (Wildman–Crippen MR) is 84.3 cm³/mol. The van der Waals surface area contributed by atoms with E-state index in [2.05, 4.69) is 17.2 Å². The Morgan fingerprint density at radius 2 is 2.10 bits per heavy atom. The molecule has 0 aliphatic rings. The first-order valence-corrected chi connectivity index (χ1v) is 6.79. The summed E-state index contributed by atoms with van der Waals surface area (Å²) in [5.41, 5.74) is 7.94. The molecule has 0 spiro atoms. The zero-order chi connectivity index (χ0) is 15.5. The van der Waals surface area contributed by atoms with Crippen molar-refractivity contribution in [1.82, 2.24) is 0 Å². The van der Waals surface area contributed by atoms with Crippen LogP contribution in [0.25, 0.3) is 0 Å². The first-order chi connectivity index (χ1) is 9.88. The molecular formula is C16H21N3O2. The van der Waals surface area contributed by atoms with E-state index in [1.54, 1.807) is 19.1 Å². The van der Waals surface area contributed by atoms with E-state index in [1.165, 1.54) is 17.4 Å². The Morgan fingerprint density at radius 1 is 1.33 bits per heavy atom. The van der Waals surface area contributed by atoms with E-state index in [4.69, 9.17) is 10.2 Å². The molecule has 2 aromatic rings. The number of hydrogen-bond acceptors (Lipinski definition) is 3. The monoisotopic (exact) mass is 287 g/mol. The molecule has 21 heavy (non-hydrogen) atoms. The maximum absolute atomic E-state index is 10.3. The van der Waals surface area contributed by atoms with Gasteiger partial charge in [-0.1, -0.05) is 6.07 Å². The molecule has 0 aliphatic heterocycles. The Morgan fingerprint density at radius 3 is 2.71 bits per heavy atom. The van der Waals surface area contributed by atoms with Gasteiger partial charge >= 0.3 is 0 Å². The van der Waals surface area contributed by atoms with Crippen molar-refractivity contribution < 1.29 is 9.52 Å². The number of aryl methyl sites for hydroxylation is 2. The number of nitrogens with zero attached hydrogens (tertiary/aromatic N) is 1. The predicted octanol–water partition coefficient (Wildman–Crippen LogP) is 2.53. The number of benzene rings is 1. The van der Waals surface area contributed by atoms with Crippen LogP contribution in [-0.2, 0) is 5.60 Å². The largest absolute Gasteiger partial charge is 0.466 e. The quantitative estimate of drug-likeness (QED) is 0.596. The number of guanidine groups is 1. The third kappa shape index (κ3) is 3.86. The van der Waals surface area contributed by atoms with Crippen LogP contribution >= 0.6 is 0 Å². The average molecular weight is 287 g/mol. The van der Waals surface area contributed by atoms with Crippen LogP contribution in [0.3, 0.4) is 0 Å². The highest BCUT2D eigenvalue weighted by Gasteiger charge is 2.25. The van der Waals surface area contributed by atoms with Gasteiger partial charge < -0.3 is 20.6 Å². The van der Waals surface area contributed by atoms with Crippen LogP contribution in [0.5, 0.6) is 0 Å². The number of hydrogen-bond donors (Lipinski definition) is 3. The summed E-state index contributed by atoms with van der Waals surface area (Å²) in [6, 6.07) is 9.40. The maximum Gasteiger partial charge on any atom is 0.193 e. The molecule has 1 unspecified atom stereocenters. The first kappa shape index (κ1) is 15.1. The maximum atomic E-state index is 10.3. The highest BCUT2D eigenvalue weighted by molar-refractivity contribution is 5.92. The van der Waals surface area contributed by atoms with Crippen LogP contribution < -0.4 is 11.1 Å². The number of aliphatic imine (C=N–C) groups is 1. The van der Waals surface area contributed by atoms with Crippen molar-refractivity contribution >= 4 is 11.6 Å². The van der Waals surface area contributed by atoms with E-state index in [1.807, 2.05) is 25.1 Å². The summed E-state index contributed by atoms with van der Waals surface area (Å²) in [4.78, 5) is 4.17. The summed E-state index contributed by atoms with van der Waals surface area (Å²) in [6.45, 7) is 5.84. The van der Waals surface area contributed by atoms with Crippen molar-refractivity contribution in [2.24, 2.45) is 10.7 Å². The minimum absolute atomic E-state index is 0.115. The lowest BCUT2D eigenvalue weighted by Crippen LogP contribution is -2.29. The lowest BCUT2D eigenvalue weighted by atomic mass is 10.0. The smallest absolute Gasteiger partial charge is 0.193 e. The van der Waals surface area contributed by atoms with Gasteiger partial charge in [0.15, 0.2) is 5.96 Å². The molecule has 1 aromatic carbocycles. The van der Waals surface area contributed by atoms with Gasteiger partial charge in [-0.05, 0) is 56.2 Å². The zero-order valence-electron chi connectivity index (χ0n) is 12.6. The summed E-state index contributed by atoms with van der Waals surface area (Å²) >= 11 is 0. The normalized spacial score (nSPS) is 14.8. The number of nitrogens with two attached hydrogens (primary N) is 1. The van der Waals surface area contributed by atoms with Crippen LogP contribution in [-0.4, -0.2) is 17.6 Å². The average Bonchev–Trinajstić information content (AvgIpc) is 2.96. The molecule has 1 atom stereocenters. The van der Waals surface area contributed by atoms with Gasteiger partial charge in [0.1, 0.15) is 11.4 Å². The molecule has 1 aromatic heterocycles. The Bertz CT molecular complexity index is 631. The second kappa shape index (κ2) is 6.01. The number of rotatable bonds is 4. The minimum Gasteiger partial charge on any atom is -0.466 e. The Labute approximate surface area is 124 Å². The van der Waals surface area contributed by atoms with E-state index in [0.717, 1.165) is 5.69 Å². The lowest BCUT2D eigenvalue weighted by Gasteiger charge is -2.18. The molecule has 1 heterocycles. The number of aliphatic hydroxyl groups is 1. The second-order valence-electron chi connectivity index (χ2n) is 5.38. The standard InChI is InChI=1S/C16H21N3O2/c1-11-6-7-13(9-12(11)2)19-15(17)18-10-16(3,20)14-5-4-8-21-14/h4-9,20H,10H2,1-3H3,(H3,17,18,19). The summed E-state index contributed by atoms with van der Waals surface area (Å²) in [7, 11) is 0. The highest BCUT2D eigenvalue weighted by atomic mass is 16.4. The van der Waals surface area contributed by atoms with Crippen molar-refractivity contribution in [3.8, 4) is 0 Å². The summed E-state index contributed by atoms with van der Waals surface area (Å²) in [5.74, 6) is 0.718. The van der Waals surface area contributed by atoms with E-state index in [0.29, 0.717) is 5.76 Å². The van der Waals surface area contributed by atoms with Crippen LogP contribution in [0.4, 0.5) is 5.69 Å². The molecule has 5 nitrogen and oxygen atoms in total. The van der Waals surface area contributed by atoms with Crippen molar-refractivity contribution in [3.05, 3.63) is 53.5 Å². The van der Waals surface area contributed by atoms with Crippen molar-refractivity contribution in [2.45, 2.75) is 26.4 Å². The van der Waals surface area contributed by atoms with Gasteiger partial charge in [-0.2, -0.15) is 0 Å². The van der Waals surface area contributed by atoms with Gasteiger partial charge in [0.25, 0.3) is 0 Å². The summed E-state index contributed by atoms with van der Waals surface area (Å²) in [6.07, 6.45) is 1.52. The van der Waals surface area contributed by atoms with E-state index in [-0.39, 0.29) is 12.5 Å². The number of furan rings is 1. The van der Waals surface area contributed by atoms with Gasteiger partial charge in [0.05, 0.1) is 12.8 Å². The Balaban J connectivity index is 2.02. The van der Waals surface area contributed by atoms with Gasteiger partial charge in [0, 0.05) is 5.69 Å². The van der Waals surface area contributed by atoms with Crippen LogP contribution in [0.15, 0.2) is 46.0 Å². The highest BCUT2D eigenvalue weighted by Crippen LogP contribution is 2.21. The van der Waals surface area contributed by atoms with Gasteiger partial charge in [-0.25, -0.2) is 4.99 Å². The van der Waals surface area contributed by atoms with Crippen molar-refractivity contribution in [2.75, 3.05) is 11.9 Å². The molecule has 0 aliphatic carbocycles. The molecule has 0 fully saturated rings. The van der Waals surface area contributed by atoms with Crippen LogP contribution in [0, 0.1) is 13.8 Å². The molecule has 0 amide bonds. The second-order valence-corrected chi connectivity index (χ2v) is 5.38.